The molecular weight excluding hydrogens is 238 g/mol. The number of rotatable bonds is 5. The number of nitrogens with one attached hydrogen (secondary N) is 1. The molecule has 0 aliphatic rings. The van der Waals surface area contributed by atoms with Gasteiger partial charge in [0.15, 0.2) is 0 Å². The Kier molecular flexibility index (Phi) is 4.34. The molecular formula is C15H19N3O. The van der Waals surface area contributed by atoms with Crippen molar-refractivity contribution in [2.75, 3.05) is 11.9 Å². The van der Waals surface area contributed by atoms with Gasteiger partial charge in [-0.25, -0.2) is 4.98 Å². The molecule has 0 aliphatic heterocycles. The van der Waals surface area contributed by atoms with E-state index in [2.05, 4.69) is 22.2 Å². The lowest BCUT2D eigenvalue weighted by Gasteiger charge is -2.11. The van der Waals surface area contributed by atoms with E-state index in [1.807, 2.05) is 38.1 Å². The molecule has 4 heteroatoms. The van der Waals surface area contributed by atoms with Crippen molar-refractivity contribution in [2.24, 2.45) is 0 Å². The van der Waals surface area contributed by atoms with Crippen molar-refractivity contribution in [3.05, 3.63) is 41.6 Å². The fourth-order valence-electron chi connectivity index (χ4n) is 1.63. The molecule has 0 aliphatic carbocycles. The topological polar surface area (TPSA) is 47.0 Å². The summed E-state index contributed by atoms with van der Waals surface area (Å²) in [6.07, 6.45) is 2.81. The first-order valence-corrected chi connectivity index (χ1v) is 6.51. The molecule has 1 aromatic carbocycles. The number of para-hydroxylation sites is 1. The minimum atomic E-state index is 0.600. The Bertz CT molecular complexity index is 555. The van der Waals surface area contributed by atoms with Crippen molar-refractivity contribution in [1.29, 1.82) is 0 Å². The standard InChI is InChI=1S/C15H19N3O/c1-4-9-16-15-17-10-12(3)14(18-15)19-13-8-6-5-7-11(13)2/h5-8,10H,4,9H2,1-3H3,(H,16,17,18). The van der Waals surface area contributed by atoms with Crippen LogP contribution in [0.1, 0.15) is 24.5 Å². The molecule has 0 atom stereocenters. The van der Waals surface area contributed by atoms with Gasteiger partial charge in [-0.3, -0.25) is 0 Å². The van der Waals surface area contributed by atoms with E-state index in [-0.39, 0.29) is 0 Å². The predicted molar refractivity (Wildman–Crippen MR) is 76.8 cm³/mol. The van der Waals surface area contributed by atoms with Crippen LogP contribution in [0, 0.1) is 13.8 Å². The quantitative estimate of drug-likeness (QED) is 0.887. The van der Waals surface area contributed by atoms with Crippen molar-refractivity contribution in [2.45, 2.75) is 27.2 Å². The molecule has 0 spiro atoms. The molecule has 0 fully saturated rings. The van der Waals surface area contributed by atoms with Crippen molar-refractivity contribution in [3.8, 4) is 11.6 Å². The van der Waals surface area contributed by atoms with Crippen molar-refractivity contribution >= 4 is 5.95 Å². The fraction of sp³-hybridized carbons (Fsp3) is 0.333. The zero-order valence-electron chi connectivity index (χ0n) is 11.6. The molecule has 0 radical (unpaired) electrons. The van der Waals surface area contributed by atoms with E-state index in [1.54, 1.807) is 6.20 Å². The van der Waals surface area contributed by atoms with Gasteiger partial charge in [0.05, 0.1) is 0 Å². The summed E-state index contributed by atoms with van der Waals surface area (Å²) >= 11 is 0. The first-order chi connectivity index (χ1) is 9.20. The van der Waals surface area contributed by atoms with Gasteiger partial charge in [0.1, 0.15) is 5.75 Å². The Labute approximate surface area is 113 Å². The molecule has 1 N–H and O–H groups in total. The van der Waals surface area contributed by atoms with E-state index < -0.39 is 0 Å². The highest BCUT2D eigenvalue weighted by molar-refractivity contribution is 5.39. The summed E-state index contributed by atoms with van der Waals surface area (Å²) in [6, 6.07) is 7.90. The summed E-state index contributed by atoms with van der Waals surface area (Å²) < 4.78 is 5.87. The third-order valence-corrected chi connectivity index (χ3v) is 2.76. The lowest BCUT2D eigenvalue weighted by atomic mass is 10.2. The summed E-state index contributed by atoms with van der Waals surface area (Å²) in [7, 11) is 0. The number of hydrogen-bond acceptors (Lipinski definition) is 4. The molecule has 0 amide bonds. The van der Waals surface area contributed by atoms with Crippen molar-refractivity contribution in [3.63, 3.8) is 0 Å². The van der Waals surface area contributed by atoms with E-state index in [0.29, 0.717) is 11.8 Å². The van der Waals surface area contributed by atoms with Gasteiger partial charge >= 0.3 is 0 Å². The second-order valence-electron chi connectivity index (χ2n) is 4.48. The molecule has 0 saturated heterocycles. The average Bonchev–Trinajstić information content (AvgIpc) is 2.42. The number of nitrogens with zero attached hydrogens (tertiary/aromatic N) is 2. The number of ether oxygens (including phenoxy) is 1. The first-order valence-electron chi connectivity index (χ1n) is 6.51. The largest absolute Gasteiger partial charge is 0.438 e. The van der Waals surface area contributed by atoms with Crippen LogP contribution in [-0.4, -0.2) is 16.5 Å². The molecule has 1 aromatic heterocycles. The Morgan fingerprint density at radius 3 is 2.68 bits per heavy atom. The summed E-state index contributed by atoms with van der Waals surface area (Å²) in [5.41, 5.74) is 2.01. The van der Waals surface area contributed by atoms with Crippen LogP contribution in [0.4, 0.5) is 5.95 Å². The van der Waals surface area contributed by atoms with Crippen LogP contribution in [0.25, 0.3) is 0 Å². The maximum atomic E-state index is 5.87. The third-order valence-electron chi connectivity index (χ3n) is 2.76. The number of aromatic nitrogens is 2. The van der Waals surface area contributed by atoms with Gasteiger partial charge in [0.2, 0.25) is 11.8 Å². The number of benzene rings is 1. The molecule has 2 aromatic rings. The summed E-state index contributed by atoms with van der Waals surface area (Å²) in [6.45, 7) is 6.91. The number of aryl methyl sites for hydroxylation is 2. The van der Waals surface area contributed by atoms with Crippen LogP contribution in [0.5, 0.6) is 11.6 Å². The molecule has 2 rings (SSSR count). The lowest BCUT2D eigenvalue weighted by Crippen LogP contribution is -2.05. The van der Waals surface area contributed by atoms with Gasteiger partial charge in [-0.05, 0) is 31.9 Å². The number of anilines is 1. The zero-order valence-corrected chi connectivity index (χ0v) is 11.6. The highest BCUT2D eigenvalue weighted by Crippen LogP contribution is 2.25. The molecule has 4 nitrogen and oxygen atoms in total. The average molecular weight is 257 g/mol. The van der Waals surface area contributed by atoms with Gasteiger partial charge in [0.25, 0.3) is 0 Å². The van der Waals surface area contributed by atoms with E-state index in [9.17, 15) is 0 Å². The Morgan fingerprint density at radius 2 is 1.95 bits per heavy atom. The highest BCUT2D eigenvalue weighted by atomic mass is 16.5. The molecule has 100 valence electrons. The van der Waals surface area contributed by atoms with Gasteiger partial charge < -0.3 is 10.1 Å². The zero-order chi connectivity index (χ0) is 13.7. The van der Waals surface area contributed by atoms with Gasteiger partial charge in [-0.1, -0.05) is 25.1 Å². The van der Waals surface area contributed by atoms with Crippen molar-refractivity contribution < 1.29 is 4.74 Å². The predicted octanol–water partition coefficient (Wildman–Crippen LogP) is 3.71. The summed E-state index contributed by atoms with van der Waals surface area (Å²) in [4.78, 5) is 8.64. The Balaban J connectivity index is 2.21. The van der Waals surface area contributed by atoms with Crippen LogP contribution in [0.15, 0.2) is 30.5 Å². The van der Waals surface area contributed by atoms with E-state index >= 15 is 0 Å². The minimum absolute atomic E-state index is 0.600. The molecule has 1 heterocycles. The van der Waals surface area contributed by atoms with Crippen LogP contribution < -0.4 is 10.1 Å². The maximum absolute atomic E-state index is 5.87. The van der Waals surface area contributed by atoms with E-state index in [0.717, 1.165) is 29.8 Å². The third kappa shape index (κ3) is 3.44. The minimum Gasteiger partial charge on any atom is -0.438 e. The van der Waals surface area contributed by atoms with E-state index in [1.165, 1.54) is 0 Å². The number of hydrogen-bond donors (Lipinski definition) is 1. The maximum Gasteiger partial charge on any atom is 0.226 e. The highest BCUT2D eigenvalue weighted by Gasteiger charge is 2.07. The smallest absolute Gasteiger partial charge is 0.226 e. The van der Waals surface area contributed by atoms with Gasteiger partial charge in [-0.2, -0.15) is 4.98 Å². The van der Waals surface area contributed by atoms with Crippen molar-refractivity contribution in [1.82, 2.24) is 9.97 Å². The monoisotopic (exact) mass is 257 g/mol. The lowest BCUT2D eigenvalue weighted by molar-refractivity contribution is 0.455. The molecule has 0 bridgehead atoms. The van der Waals surface area contributed by atoms with Crippen LogP contribution in [0.2, 0.25) is 0 Å². The van der Waals surface area contributed by atoms with Crippen LogP contribution in [0.3, 0.4) is 0 Å². The molecule has 19 heavy (non-hydrogen) atoms. The van der Waals surface area contributed by atoms with Crippen LogP contribution >= 0.6 is 0 Å². The van der Waals surface area contributed by atoms with Gasteiger partial charge in [-0.15, -0.1) is 0 Å². The molecule has 0 saturated carbocycles. The van der Waals surface area contributed by atoms with Crippen LogP contribution in [-0.2, 0) is 0 Å². The van der Waals surface area contributed by atoms with Gasteiger partial charge in [0, 0.05) is 18.3 Å². The summed E-state index contributed by atoms with van der Waals surface area (Å²) in [5.74, 6) is 2.03. The first kappa shape index (κ1) is 13.3. The normalized spacial score (nSPS) is 10.3. The Hall–Kier alpha value is -2.10. The second kappa shape index (κ2) is 6.18. The molecule has 0 unspecified atom stereocenters. The van der Waals surface area contributed by atoms with E-state index in [4.69, 9.17) is 4.74 Å². The summed E-state index contributed by atoms with van der Waals surface area (Å²) in [5, 5.41) is 3.16. The Morgan fingerprint density at radius 1 is 1.16 bits per heavy atom. The fourth-order valence-corrected chi connectivity index (χ4v) is 1.63. The second-order valence-corrected chi connectivity index (χ2v) is 4.48. The SMILES string of the molecule is CCCNc1ncc(C)c(Oc2ccccc2C)n1.